The van der Waals surface area contributed by atoms with E-state index in [-0.39, 0.29) is 17.9 Å². The minimum absolute atomic E-state index is 0.0963. The van der Waals surface area contributed by atoms with Crippen LogP contribution in [0.15, 0.2) is 30.9 Å². The first-order valence-electron chi connectivity index (χ1n) is 7.79. The molecule has 0 spiro atoms. The molecule has 1 atom stereocenters. The molecule has 0 bridgehead atoms. The molecule has 1 aliphatic rings. The van der Waals surface area contributed by atoms with Gasteiger partial charge in [0.15, 0.2) is 0 Å². The Morgan fingerprint density at radius 3 is 2.92 bits per heavy atom. The van der Waals surface area contributed by atoms with Gasteiger partial charge in [-0.3, -0.25) is 14.2 Å². The van der Waals surface area contributed by atoms with E-state index in [4.69, 9.17) is 4.74 Å². The lowest BCUT2D eigenvalue weighted by molar-refractivity contribution is -0.114. The Bertz CT molecular complexity index is 720. The summed E-state index contributed by atoms with van der Waals surface area (Å²) in [6.07, 6.45) is 6.80. The van der Waals surface area contributed by atoms with E-state index in [2.05, 4.69) is 20.6 Å². The van der Waals surface area contributed by atoms with Crippen LogP contribution in [0.2, 0.25) is 0 Å². The molecular formula is C16H19N5O3. The Morgan fingerprint density at radius 2 is 2.25 bits per heavy atom. The van der Waals surface area contributed by atoms with Gasteiger partial charge in [-0.2, -0.15) is 0 Å². The number of ether oxygens (including phenoxy) is 1. The van der Waals surface area contributed by atoms with E-state index >= 15 is 0 Å². The molecule has 0 aromatic carbocycles. The second kappa shape index (κ2) is 7.22. The van der Waals surface area contributed by atoms with Crippen molar-refractivity contribution in [3.63, 3.8) is 0 Å². The number of nitrogens with zero attached hydrogens (tertiary/aromatic N) is 3. The zero-order valence-corrected chi connectivity index (χ0v) is 13.4. The number of aromatic nitrogens is 3. The molecule has 3 rings (SSSR count). The van der Waals surface area contributed by atoms with Gasteiger partial charge in [-0.15, -0.1) is 0 Å². The van der Waals surface area contributed by atoms with Gasteiger partial charge >= 0.3 is 0 Å². The number of nitrogens with one attached hydrogen (secondary N) is 2. The minimum atomic E-state index is -0.237. The van der Waals surface area contributed by atoms with Gasteiger partial charge in [0.05, 0.1) is 18.0 Å². The Balaban J connectivity index is 1.61. The number of pyridine rings is 1. The number of hydrogen-bond acceptors (Lipinski definition) is 5. The summed E-state index contributed by atoms with van der Waals surface area (Å²) in [6, 6.07) is 3.47. The van der Waals surface area contributed by atoms with Crippen molar-refractivity contribution in [2.75, 3.05) is 18.5 Å². The third kappa shape index (κ3) is 3.96. The van der Waals surface area contributed by atoms with Gasteiger partial charge in [-0.05, 0) is 25.0 Å². The van der Waals surface area contributed by atoms with E-state index in [1.54, 1.807) is 29.1 Å². The number of carbonyl (C=O) groups excluding carboxylic acids is 2. The van der Waals surface area contributed by atoms with Crippen LogP contribution in [-0.4, -0.2) is 45.6 Å². The molecule has 1 aliphatic heterocycles. The van der Waals surface area contributed by atoms with Crippen molar-refractivity contribution in [2.45, 2.75) is 25.9 Å². The highest BCUT2D eigenvalue weighted by Gasteiger charge is 2.17. The van der Waals surface area contributed by atoms with E-state index in [1.807, 2.05) is 0 Å². The number of hydrogen-bond donors (Lipinski definition) is 2. The van der Waals surface area contributed by atoms with E-state index in [1.165, 1.54) is 13.3 Å². The summed E-state index contributed by atoms with van der Waals surface area (Å²) in [6.45, 7) is 2.69. The maximum Gasteiger partial charge on any atom is 0.271 e. The lowest BCUT2D eigenvalue weighted by atomic mass is 10.2. The fraction of sp³-hybridized carbons (Fsp3) is 0.375. The molecule has 24 heavy (non-hydrogen) atoms. The summed E-state index contributed by atoms with van der Waals surface area (Å²) >= 11 is 0. The molecule has 1 fully saturated rings. The highest BCUT2D eigenvalue weighted by Crippen LogP contribution is 2.12. The van der Waals surface area contributed by atoms with E-state index < -0.39 is 0 Å². The average Bonchev–Trinajstić information content (AvgIpc) is 3.24. The predicted molar refractivity (Wildman–Crippen MR) is 87.0 cm³/mol. The molecule has 2 amide bonds. The predicted octanol–water partition coefficient (Wildman–Crippen LogP) is 1.13. The van der Waals surface area contributed by atoms with Gasteiger partial charge in [0.25, 0.3) is 5.91 Å². The summed E-state index contributed by atoms with van der Waals surface area (Å²) in [5, 5.41) is 5.48. The lowest BCUT2D eigenvalue weighted by Crippen LogP contribution is -2.31. The Kier molecular flexibility index (Phi) is 4.85. The van der Waals surface area contributed by atoms with Gasteiger partial charge in [0, 0.05) is 26.3 Å². The summed E-state index contributed by atoms with van der Waals surface area (Å²) in [5.41, 5.74) is 0.932. The van der Waals surface area contributed by atoms with Crippen LogP contribution < -0.4 is 10.6 Å². The maximum atomic E-state index is 12.1. The van der Waals surface area contributed by atoms with Crippen LogP contribution in [0.5, 0.6) is 0 Å². The zero-order chi connectivity index (χ0) is 16.9. The van der Waals surface area contributed by atoms with Crippen molar-refractivity contribution in [2.24, 2.45) is 0 Å². The molecule has 0 radical (unpaired) electrons. The first kappa shape index (κ1) is 16.1. The van der Waals surface area contributed by atoms with Gasteiger partial charge < -0.3 is 15.4 Å². The van der Waals surface area contributed by atoms with Crippen LogP contribution in [0.25, 0.3) is 5.82 Å². The van der Waals surface area contributed by atoms with Crippen molar-refractivity contribution in [1.82, 2.24) is 19.9 Å². The smallest absolute Gasteiger partial charge is 0.271 e. The fourth-order valence-corrected chi connectivity index (χ4v) is 2.48. The van der Waals surface area contributed by atoms with E-state index in [9.17, 15) is 9.59 Å². The maximum absolute atomic E-state index is 12.1. The molecule has 2 aromatic heterocycles. The summed E-state index contributed by atoms with van der Waals surface area (Å²) in [4.78, 5) is 31.5. The summed E-state index contributed by atoms with van der Waals surface area (Å²) in [7, 11) is 0. The van der Waals surface area contributed by atoms with Crippen molar-refractivity contribution < 1.29 is 14.3 Å². The normalized spacial score (nSPS) is 16.8. The van der Waals surface area contributed by atoms with E-state index in [0.29, 0.717) is 23.7 Å². The van der Waals surface area contributed by atoms with Gasteiger partial charge in [0.2, 0.25) is 5.91 Å². The highest BCUT2D eigenvalue weighted by atomic mass is 16.5. The van der Waals surface area contributed by atoms with Crippen LogP contribution in [0.1, 0.15) is 30.3 Å². The number of anilines is 1. The standard InChI is InChI=1S/C16H19N5O3/c1-11(22)20-12-4-5-15(17-7-12)21-9-14(19-10-21)16(23)18-8-13-3-2-6-24-13/h4-5,7,9-10,13H,2-3,6,8H2,1H3,(H,18,23)(H,20,22)/t13-/m1/s1. The van der Waals surface area contributed by atoms with Gasteiger partial charge in [0.1, 0.15) is 17.8 Å². The third-order valence-corrected chi connectivity index (χ3v) is 3.66. The van der Waals surface area contributed by atoms with Crippen LogP contribution >= 0.6 is 0 Å². The highest BCUT2D eigenvalue weighted by molar-refractivity contribution is 5.92. The summed E-state index contributed by atoms with van der Waals surface area (Å²) < 4.78 is 7.12. The topological polar surface area (TPSA) is 98.1 Å². The fourth-order valence-electron chi connectivity index (χ4n) is 2.48. The molecule has 2 N–H and O–H groups in total. The van der Waals surface area contributed by atoms with Crippen molar-refractivity contribution in [3.05, 3.63) is 36.5 Å². The molecule has 0 aliphatic carbocycles. The van der Waals surface area contributed by atoms with Crippen molar-refractivity contribution in [1.29, 1.82) is 0 Å². The van der Waals surface area contributed by atoms with Crippen molar-refractivity contribution in [3.8, 4) is 5.82 Å². The monoisotopic (exact) mass is 329 g/mol. The molecular weight excluding hydrogens is 310 g/mol. The molecule has 8 nitrogen and oxygen atoms in total. The molecule has 126 valence electrons. The molecule has 1 saturated heterocycles. The SMILES string of the molecule is CC(=O)Nc1ccc(-n2cnc(C(=O)NC[C@H]3CCCO3)c2)nc1. The molecule has 0 unspecified atom stereocenters. The lowest BCUT2D eigenvalue weighted by Gasteiger charge is -2.09. The van der Waals surface area contributed by atoms with Gasteiger partial charge in [-0.1, -0.05) is 0 Å². The largest absolute Gasteiger partial charge is 0.376 e. The Morgan fingerprint density at radius 1 is 1.38 bits per heavy atom. The van der Waals surface area contributed by atoms with Gasteiger partial charge in [-0.25, -0.2) is 9.97 Å². The number of carbonyl (C=O) groups is 2. The molecule has 0 saturated carbocycles. The first-order chi connectivity index (χ1) is 11.6. The molecule has 2 aromatic rings. The van der Waals surface area contributed by atoms with Crippen LogP contribution in [0.4, 0.5) is 5.69 Å². The number of amides is 2. The van der Waals surface area contributed by atoms with Crippen LogP contribution in [-0.2, 0) is 9.53 Å². The second-order valence-electron chi connectivity index (χ2n) is 5.60. The third-order valence-electron chi connectivity index (χ3n) is 3.66. The first-order valence-corrected chi connectivity index (χ1v) is 7.79. The van der Waals surface area contributed by atoms with Crippen LogP contribution in [0, 0.1) is 0 Å². The van der Waals surface area contributed by atoms with E-state index in [0.717, 1.165) is 19.4 Å². The van der Waals surface area contributed by atoms with Crippen LogP contribution in [0.3, 0.4) is 0 Å². The Labute approximate surface area is 139 Å². The van der Waals surface area contributed by atoms with Crippen molar-refractivity contribution >= 4 is 17.5 Å². The second-order valence-corrected chi connectivity index (χ2v) is 5.60. The average molecular weight is 329 g/mol. The quantitative estimate of drug-likeness (QED) is 0.857. The molecule has 8 heteroatoms. The number of imidazole rings is 1. The minimum Gasteiger partial charge on any atom is -0.376 e. The number of rotatable bonds is 5. The summed E-state index contributed by atoms with van der Waals surface area (Å²) in [5.74, 6) is 0.214. The zero-order valence-electron chi connectivity index (χ0n) is 13.4. The molecule has 3 heterocycles. The Hall–Kier alpha value is -2.74.